The van der Waals surface area contributed by atoms with E-state index < -0.39 is 11.9 Å². The number of aliphatic carboxylic acids is 1. The molecule has 1 atom stereocenters. The average molecular weight is 167 g/mol. The Kier molecular flexibility index (Phi) is 2.37. The van der Waals surface area contributed by atoms with Gasteiger partial charge in [0.2, 0.25) is 0 Å². The predicted molar refractivity (Wildman–Crippen MR) is 43.3 cm³/mol. The van der Waals surface area contributed by atoms with Crippen molar-refractivity contribution in [1.82, 2.24) is 0 Å². The third-order valence-corrected chi connectivity index (χ3v) is 2.82. The Morgan fingerprint density at radius 1 is 1.58 bits per heavy atom. The van der Waals surface area contributed by atoms with E-state index in [1.54, 1.807) is 0 Å². The van der Waals surface area contributed by atoms with Gasteiger partial charge in [-0.05, 0) is 18.3 Å². The van der Waals surface area contributed by atoms with Gasteiger partial charge in [-0.2, -0.15) is 5.26 Å². The van der Waals surface area contributed by atoms with Crippen molar-refractivity contribution in [3.05, 3.63) is 0 Å². The van der Waals surface area contributed by atoms with Crippen molar-refractivity contribution in [2.45, 2.75) is 32.6 Å². The second-order valence-electron chi connectivity index (χ2n) is 3.76. The Morgan fingerprint density at radius 3 is 2.42 bits per heavy atom. The Hall–Kier alpha value is -1.04. The molecule has 1 saturated carbocycles. The standard InChI is InChI=1S/C9H13NO2/c1-9(4-2-3-5-9)7(6-10)8(11)12/h7H,2-5H2,1H3,(H,11,12). The van der Waals surface area contributed by atoms with Gasteiger partial charge in [-0.15, -0.1) is 0 Å². The van der Waals surface area contributed by atoms with Crippen LogP contribution in [0.1, 0.15) is 32.6 Å². The van der Waals surface area contributed by atoms with Crippen molar-refractivity contribution in [3.8, 4) is 6.07 Å². The van der Waals surface area contributed by atoms with Crippen LogP contribution in [0.15, 0.2) is 0 Å². The van der Waals surface area contributed by atoms with Crippen LogP contribution >= 0.6 is 0 Å². The first-order valence-electron chi connectivity index (χ1n) is 4.22. The van der Waals surface area contributed by atoms with Gasteiger partial charge in [-0.25, -0.2) is 0 Å². The molecule has 1 rings (SSSR count). The summed E-state index contributed by atoms with van der Waals surface area (Å²) in [6.07, 6.45) is 3.86. The van der Waals surface area contributed by atoms with Crippen LogP contribution < -0.4 is 0 Å². The van der Waals surface area contributed by atoms with Crippen molar-refractivity contribution in [2.75, 3.05) is 0 Å². The molecule has 0 saturated heterocycles. The SMILES string of the molecule is CC1(C(C#N)C(=O)O)CCCC1. The molecule has 0 bridgehead atoms. The summed E-state index contributed by atoms with van der Waals surface area (Å²) in [6, 6.07) is 1.88. The third kappa shape index (κ3) is 1.42. The molecule has 0 aromatic rings. The van der Waals surface area contributed by atoms with Crippen LogP contribution in [0.5, 0.6) is 0 Å². The summed E-state index contributed by atoms with van der Waals surface area (Å²) in [5.74, 6) is -1.79. The average Bonchev–Trinajstić information content (AvgIpc) is 2.37. The van der Waals surface area contributed by atoms with E-state index in [1.807, 2.05) is 13.0 Å². The lowest BCUT2D eigenvalue weighted by atomic mass is 9.76. The summed E-state index contributed by atoms with van der Waals surface area (Å²) in [5.41, 5.74) is -0.277. The number of rotatable bonds is 2. The van der Waals surface area contributed by atoms with E-state index in [0.29, 0.717) is 0 Å². The number of nitriles is 1. The number of hydrogen-bond acceptors (Lipinski definition) is 2. The van der Waals surface area contributed by atoms with Crippen molar-refractivity contribution in [3.63, 3.8) is 0 Å². The van der Waals surface area contributed by atoms with Gasteiger partial charge in [-0.1, -0.05) is 19.8 Å². The molecule has 1 N–H and O–H groups in total. The number of carboxylic acids is 1. The maximum absolute atomic E-state index is 10.7. The summed E-state index contributed by atoms with van der Waals surface area (Å²) < 4.78 is 0. The molecular weight excluding hydrogens is 154 g/mol. The first kappa shape index (κ1) is 9.05. The number of carboxylic acid groups (broad SMARTS) is 1. The van der Waals surface area contributed by atoms with Gasteiger partial charge in [0, 0.05) is 0 Å². The van der Waals surface area contributed by atoms with E-state index >= 15 is 0 Å². The largest absolute Gasteiger partial charge is 0.480 e. The highest BCUT2D eigenvalue weighted by Gasteiger charge is 2.41. The number of hydrogen-bond donors (Lipinski definition) is 1. The van der Waals surface area contributed by atoms with E-state index in [1.165, 1.54) is 0 Å². The van der Waals surface area contributed by atoms with Gasteiger partial charge in [-0.3, -0.25) is 4.79 Å². The van der Waals surface area contributed by atoms with E-state index in [-0.39, 0.29) is 5.41 Å². The molecule has 0 amide bonds. The second kappa shape index (κ2) is 3.14. The van der Waals surface area contributed by atoms with Gasteiger partial charge in [0.1, 0.15) is 5.92 Å². The molecule has 0 aromatic carbocycles. The summed E-state index contributed by atoms with van der Waals surface area (Å²) >= 11 is 0. The number of carbonyl (C=O) groups is 1. The predicted octanol–water partition coefficient (Wildman–Crippen LogP) is 1.79. The molecule has 66 valence electrons. The Labute approximate surface area is 72.0 Å². The lowest BCUT2D eigenvalue weighted by Crippen LogP contribution is -2.29. The van der Waals surface area contributed by atoms with Gasteiger partial charge in [0.25, 0.3) is 0 Å². The normalized spacial score (nSPS) is 23.0. The topological polar surface area (TPSA) is 61.1 Å². The first-order chi connectivity index (χ1) is 5.60. The lowest BCUT2D eigenvalue weighted by molar-refractivity contribution is -0.143. The van der Waals surface area contributed by atoms with E-state index in [0.717, 1.165) is 25.7 Å². The van der Waals surface area contributed by atoms with Crippen LogP contribution in [0.2, 0.25) is 0 Å². The molecule has 0 aromatic heterocycles. The zero-order chi connectivity index (χ0) is 9.19. The van der Waals surface area contributed by atoms with Crippen molar-refractivity contribution in [1.29, 1.82) is 5.26 Å². The van der Waals surface area contributed by atoms with Gasteiger partial charge >= 0.3 is 5.97 Å². The smallest absolute Gasteiger partial charge is 0.321 e. The first-order valence-corrected chi connectivity index (χ1v) is 4.22. The van der Waals surface area contributed by atoms with E-state index in [4.69, 9.17) is 10.4 Å². The molecule has 3 nitrogen and oxygen atoms in total. The zero-order valence-electron chi connectivity index (χ0n) is 7.21. The highest BCUT2D eigenvalue weighted by molar-refractivity contribution is 5.74. The van der Waals surface area contributed by atoms with Crippen LogP contribution in [-0.2, 0) is 4.79 Å². The highest BCUT2D eigenvalue weighted by atomic mass is 16.4. The van der Waals surface area contributed by atoms with Gasteiger partial charge in [0.15, 0.2) is 0 Å². The molecule has 0 spiro atoms. The second-order valence-corrected chi connectivity index (χ2v) is 3.76. The molecule has 12 heavy (non-hydrogen) atoms. The Balaban J connectivity index is 2.78. The molecule has 1 aliphatic rings. The van der Waals surface area contributed by atoms with Crippen molar-refractivity contribution >= 4 is 5.97 Å². The van der Waals surface area contributed by atoms with Crippen LogP contribution in [-0.4, -0.2) is 11.1 Å². The molecule has 0 aliphatic heterocycles. The number of nitrogens with zero attached hydrogens (tertiary/aromatic N) is 1. The maximum Gasteiger partial charge on any atom is 0.321 e. The van der Waals surface area contributed by atoms with Crippen LogP contribution in [0.4, 0.5) is 0 Å². The van der Waals surface area contributed by atoms with Crippen LogP contribution in [0, 0.1) is 22.7 Å². The molecule has 0 radical (unpaired) electrons. The zero-order valence-corrected chi connectivity index (χ0v) is 7.21. The minimum absolute atomic E-state index is 0.277. The minimum atomic E-state index is -0.970. The third-order valence-electron chi connectivity index (χ3n) is 2.82. The minimum Gasteiger partial charge on any atom is -0.480 e. The molecule has 1 fully saturated rings. The lowest BCUT2D eigenvalue weighted by Gasteiger charge is -2.25. The van der Waals surface area contributed by atoms with Gasteiger partial charge in [0.05, 0.1) is 6.07 Å². The fraction of sp³-hybridized carbons (Fsp3) is 0.778. The summed E-state index contributed by atoms with van der Waals surface area (Å²) in [4.78, 5) is 10.7. The fourth-order valence-electron chi connectivity index (χ4n) is 1.98. The molecule has 3 heteroatoms. The van der Waals surface area contributed by atoms with E-state index in [2.05, 4.69) is 0 Å². The van der Waals surface area contributed by atoms with Crippen LogP contribution in [0.3, 0.4) is 0 Å². The summed E-state index contributed by atoms with van der Waals surface area (Å²) in [6.45, 7) is 1.90. The molecule has 1 unspecified atom stereocenters. The quantitative estimate of drug-likeness (QED) is 0.682. The molecular formula is C9H13NO2. The fourth-order valence-corrected chi connectivity index (χ4v) is 1.98. The Morgan fingerprint density at radius 2 is 2.08 bits per heavy atom. The highest BCUT2D eigenvalue weighted by Crippen LogP contribution is 2.43. The summed E-state index contributed by atoms with van der Waals surface area (Å²) in [7, 11) is 0. The van der Waals surface area contributed by atoms with Crippen molar-refractivity contribution < 1.29 is 9.90 Å². The van der Waals surface area contributed by atoms with Gasteiger partial charge < -0.3 is 5.11 Å². The monoisotopic (exact) mass is 167 g/mol. The molecule has 0 heterocycles. The maximum atomic E-state index is 10.7. The van der Waals surface area contributed by atoms with E-state index in [9.17, 15) is 4.79 Å². The van der Waals surface area contributed by atoms with Crippen LogP contribution in [0.25, 0.3) is 0 Å². The van der Waals surface area contributed by atoms with Crippen molar-refractivity contribution in [2.24, 2.45) is 11.3 Å². The molecule has 1 aliphatic carbocycles. The summed E-state index contributed by atoms with van der Waals surface area (Å²) in [5, 5.41) is 17.5. The Bertz CT molecular complexity index is 223.